The maximum atomic E-state index is 14.0. The molecule has 1 aromatic heterocycles. The number of H-pyrrole nitrogens is 1. The zero-order valence-electron chi connectivity index (χ0n) is 15.1. The second-order valence-electron chi connectivity index (χ2n) is 6.28. The Labute approximate surface area is 153 Å². The quantitative estimate of drug-likeness (QED) is 0.737. The van der Waals surface area contributed by atoms with Crippen LogP contribution in [0.4, 0.5) is 14.5 Å². The molecule has 140 valence electrons. The summed E-state index contributed by atoms with van der Waals surface area (Å²) in [6.45, 7) is 3.66. The SMILES string of the molecule is CCc1ccc(C)c2[nH]c(=O)c(C(=O)N(C)c3ccc(F)cc3F)c(O)c12. The van der Waals surface area contributed by atoms with Gasteiger partial charge in [-0.15, -0.1) is 0 Å². The Morgan fingerprint density at radius 1 is 1.22 bits per heavy atom. The number of carbonyl (C=O) groups excluding carboxylic acids is 1. The number of carbonyl (C=O) groups is 1. The van der Waals surface area contributed by atoms with Crippen LogP contribution in [0, 0.1) is 18.6 Å². The molecule has 0 bridgehead atoms. The molecule has 2 N–H and O–H groups in total. The maximum absolute atomic E-state index is 14.0. The minimum Gasteiger partial charge on any atom is -0.506 e. The molecule has 3 rings (SSSR count). The van der Waals surface area contributed by atoms with Gasteiger partial charge in [-0.2, -0.15) is 0 Å². The molecular formula is C20H18F2N2O3. The van der Waals surface area contributed by atoms with Crippen molar-refractivity contribution in [3.63, 3.8) is 0 Å². The normalized spacial score (nSPS) is 11.0. The fourth-order valence-electron chi connectivity index (χ4n) is 3.11. The molecular weight excluding hydrogens is 354 g/mol. The summed E-state index contributed by atoms with van der Waals surface area (Å²) in [5.74, 6) is -3.09. The van der Waals surface area contributed by atoms with Crippen LogP contribution in [-0.2, 0) is 6.42 Å². The predicted octanol–water partition coefficient (Wildman–Crippen LogP) is 3.66. The van der Waals surface area contributed by atoms with Crippen molar-refractivity contribution in [1.29, 1.82) is 0 Å². The maximum Gasteiger partial charge on any atom is 0.267 e. The van der Waals surface area contributed by atoms with Crippen LogP contribution in [0.15, 0.2) is 35.1 Å². The zero-order valence-corrected chi connectivity index (χ0v) is 15.1. The number of fused-ring (bicyclic) bond motifs is 1. The number of aryl methyl sites for hydroxylation is 2. The molecule has 0 saturated heterocycles. The summed E-state index contributed by atoms with van der Waals surface area (Å²) in [6, 6.07) is 6.37. The molecule has 0 radical (unpaired) electrons. The second-order valence-corrected chi connectivity index (χ2v) is 6.28. The number of amides is 1. The van der Waals surface area contributed by atoms with Crippen LogP contribution in [0.2, 0.25) is 0 Å². The van der Waals surface area contributed by atoms with Gasteiger partial charge < -0.3 is 15.0 Å². The molecule has 0 saturated carbocycles. The van der Waals surface area contributed by atoms with Gasteiger partial charge in [0.1, 0.15) is 22.9 Å². The van der Waals surface area contributed by atoms with Crippen LogP contribution in [0.1, 0.15) is 28.4 Å². The third-order valence-corrected chi connectivity index (χ3v) is 4.61. The van der Waals surface area contributed by atoms with E-state index >= 15 is 0 Å². The molecule has 0 aliphatic rings. The highest BCUT2D eigenvalue weighted by Gasteiger charge is 2.26. The van der Waals surface area contributed by atoms with E-state index in [1.807, 2.05) is 19.1 Å². The number of anilines is 1. The molecule has 1 heterocycles. The van der Waals surface area contributed by atoms with E-state index in [1.54, 1.807) is 6.92 Å². The average Bonchev–Trinajstić information content (AvgIpc) is 2.62. The monoisotopic (exact) mass is 372 g/mol. The van der Waals surface area contributed by atoms with Crippen molar-refractivity contribution in [3.05, 3.63) is 69.0 Å². The van der Waals surface area contributed by atoms with E-state index in [0.29, 0.717) is 23.4 Å². The van der Waals surface area contributed by atoms with Crippen LogP contribution in [0.3, 0.4) is 0 Å². The van der Waals surface area contributed by atoms with Gasteiger partial charge in [-0.1, -0.05) is 19.1 Å². The number of halogens is 2. The topological polar surface area (TPSA) is 73.4 Å². The fraction of sp³-hybridized carbons (Fsp3) is 0.200. The number of nitrogens with one attached hydrogen (secondary N) is 1. The number of aromatic nitrogens is 1. The third kappa shape index (κ3) is 3.05. The standard InChI is InChI=1S/C20H18F2N2O3/c1-4-11-6-5-10(2)17-15(11)18(25)16(19(26)23-17)20(27)24(3)14-8-7-12(21)9-13(14)22/h5-9H,4H2,1-3H3,(H2,23,25,26). The van der Waals surface area contributed by atoms with Crippen LogP contribution in [0.5, 0.6) is 5.75 Å². The van der Waals surface area contributed by atoms with Gasteiger partial charge >= 0.3 is 0 Å². The van der Waals surface area contributed by atoms with Crippen LogP contribution >= 0.6 is 0 Å². The van der Waals surface area contributed by atoms with Crippen molar-refractivity contribution in [3.8, 4) is 5.75 Å². The molecule has 0 aliphatic carbocycles. The fourth-order valence-corrected chi connectivity index (χ4v) is 3.11. The number of rotatable bonds is 3. The van der Waals surface area contributed by atoms with Crippen molar-refractivity contribution in [2.75, 3.05) is 11.9 Å². The number of aromatic amines is 1. The minimum absolute atomic E-state index is 0.208. The Kier molecular flexibility index (Phi) is 4.70. The Hall–Kier alpha value is -3.22. The average molecular weight is 372 g/mol. The first-order chi connectivity index (χ1) is 12.8. The molecule has 1 amide bonds. The first-order valence-electron chi connectivity index (χ1n) is 8.36. The lowest BCUT2D eigenvalue weighted by Crippen LogP contribution is -2.32. The number of aromatic hydroxyl groups is 1. The minimum atomic E-state index is -0.951. The van der Waals surface area contributed by atoms with Gasteiger partial charge in [-0.05, 0) is 36.6 Å². The number of benzene rings is 2. The van der Waals surface area contributed by atoms with Gasteiger partial charge in [0.25, 0.3) is 11.5 Å². The third-order valence-electron chi connectivity index (χ3n) is 4.61. The molecule has 0 atom stereocenters. The number of nitrogens with zero attached hydrogens (tertiary/aromatic N) is 1. The van der Waals surface area contributed by atoms with E-state index in [4.69, 9.17) is 0 Å². The first-order valence-corrected chi connectivity index (χ1v) is 8.36. The number of hydrogen-bond donors (Lipinski definition) is 2. The van der Waals surface area contributed by atoms with E-state index < -0.39 is 34.4 Å². The Morgan fingerprint density at radius 2 is 1.93 bits per heavy atom. The molecule has 2 aromatic carbocycles. The lowest BCUT2D eigenvalue weighted by atomic mass is 9.99. The highest BCUT2D eigenvalue weighted by atomic mass is 19.1. The van der Waals surface area contributed by atoms with E-state index in [9.17, 15) is 23.5 Å². The summed E-state index contributed by atoms with van der Waals surface area (Å²) in [5, 5.41) is 11.1. The van der Waals surface area contributed by atoms with Crippen molar-refractivity contribution in [1.82, 2.24) is 4.98 Å². The van der Waals surface area contributed by atoms with Crippen molar-refractivity contribution in [2.45, 2.75) is 20.3 Å². The van der Waals surface area contributed by atoms with Crippen LogP contribution < -0.4 is 10.5 Å². The Morgan fingerprint density at radius 3 is 2.56 bits per heavy atom. The van der Waals surface area contributed by atoms with Crippen molar-refractivity contribution < 1.29 is 18.7 Å². The molecule has 0 unspecified atom stereocenters. The van der Waals surface area contributed by atoms with E-state index in [2.05, 4.69) is 4.98 Å². The summed E-state index contributed by atoms with van der Waals surface area (Å²) in [6.07, 6.45) is 0.576. The van der Waals surface area contributed by atoms with E-state index in [0.717, 1.165) is 28.2 Å². The molecule has 3 aromatic rings. The molecule has 0 spiro atoms. The van der Waals surface area contributed by atoms with Gasteiger partial charge in [0.15, 0.2) is 0 Å². The molecule has 27 heavy (non-hydrogen) atoms. The van der Waals surface area contributed by atoms with Gasteiger partial charge in [0, 0.05) is 18.5 Å². The highest BCUT2D eigenvalue weighted by molar-refractivity contribution is 6.10. The second kappa shape index (κ2) is 6.83. The Bertz CT molecular complexity index is 1120. The summed E-state index contributed by atoms with van der Waals surface area (Å²) in [7, 11) is 1.25. The zero-order chi connectivity index (χ0) is 19.9. The highest BCUT2D eigenvalue weighted by Crippen LogP contribution is 2.32. The summed E-state index contributed by atoms with van der Waals surface area (Å²) < 4.78 is 27.1. The van der Waals surface area contributed by atoms with Crippen LogP contribution in [0.25, 0.3) is 10.9 Å². The lowest BCUT2D eigenvalue weighted by molar-refractivity contribution is 0.0988. The number of pyridine rings is 1. The summed E-state index contributed by atoms with van der Waals surface area (Å²) >= 11 is 0. The van der Waals surface area contributed by atoms with Crippen molar-refractivity contribution >= 4 is 22.5 Å². The smallest absolute Gasteiger partial charge is 0.267 e. The summed E-state index contributed by atoms with van der Waals surface area (Å²) in [4.78, 5) is 28.8. The molecule has 0 fully saturated rings. The molecule has 7 heteroatoms. The lowest BCUT2D eigenvalue weighted by Gasteiger charge is -2.19. The first kappa shape index (κ1) is 18.6. The van der Waals surface area contributed by atoms with Crippen molar-refractivity contribution in [2.24, 2.45) is 0 Å². The van der Waals surface area contributed by atoms with Gasteiger partial charge in [-0.3, -0.25) is 9.59 Å². The van der Waals surface area contributed by atoms with E-state index in [-0.39, 0.29) is 5.69 Å². The Balaban J connectivity index is 2.21. The van der Waals surface area contributed by atoms with Gasteiger partial charge in [0.05, 0.1) is 11.2 Å². The predicted molar refractivity (Wildman–Crippen MR) is 99.4 cm³/mol. The molecule has 0 aliphatic heterocycles. The summed E-state index contributed by atoms with van der Waals surface area (Å²) in [5.41, 5.74) is 0.467. The van der Waals surface area contributed by atoms with Crippen LogP contribution in [-0.4, -0.2) is 23.0 Å². The number of hydrogen-bond acceptors (Lipinski definition) is 3. The van der Waals surface area contributed by atoms with Gasteiger partial charge in [0.2, 0.25) is 0 Å². The molecule has 5 nitrogen and oxygen atoms in total. The van der Waals surface area contributed by atoms with Gasteiger partial charge in [-0.25, -0.2) is 8.78 Å². The largest absolute Gasteiger partial charge is 0.506 e. The van der Waals surface area contributed by atoms with E-state index in [1.165, 1.54) is 7.05 Å².